The highest BCUT2D eigenvalue weighted by molar-refractivity contribution is 6.35. The summed E-state index contributed by atoms with van der Waals surface area (Å²) >= 11 is 12.4. The number of rotatable bonds is 8. The van der Waals surface area contributed by atoms with Gasteiger partial charge in [0.2, 0.25) is 5.91 Å². The third-order valence-corrected chi connectivity index (χ3v) is 7.84. The minimum atomic E-state index is -0.119. The molecule has 188 valence electrons. The summed E-state index contributed by atoms with van der Waals surface area (Å²) in [6, 6.07) is 6.84. The normalized spacial score (nSPS) is 18.5. The number of likely N-dealkylation sites (tertiary alicyclic amines) is 1. The zero-order valence-electron chi connectivity index (χ0n) is 20.2. The fraction of sp³-hybridized carbons (Fsp3) is 0.500. The van der Waals surface area contributed by atoms with Gasteiger partial charge in [0.15, 0.2) is 11.6 Å². The molecular formula is C26H32Cl2N4O3. The van der Waals surface area contributed by atoms with E-state index in [1.807, 2.05) is 4.90 Å². The molecule has 1 saturated heterocycles. The van der Waals surface area contributed by atoms with E-state index in [0.29, 0.717) is 45.9 Å². The van der Waals surface area contributed by atoms with E-state index in [4.69, 9.17) is 33.7 Å². The lowest BCUT2D eigenvalue weighted by Gasteiger charge is -2.33. The van der Waals surface area contributed by atoms with E-state index in [1.165, 1.54) is 6.20 Å². The van der Waals surface area contributed by atoms with Crippen molar-refractivity contribution in [2.45, 2.75) is 46.1 Å². The molecule has 7 nitrogen and oxygen atoms in total. The minimum Gasteiger partial charge on any atom is -0.485 e. The molecule has 1 saturated carbocycles. The van der Waals surface area contributed by atoms with Crippen molar-refractivity contribution in [2.24, 2.45) is 17.3 Å². The number of anilines is 1. The Kier molecular flexibility index (Phi) is 7.77. The summed E-state index contributed by atoms with van der Waals surface area (Å²) in [7, 11) is 0. The number of ether oxygens (including phenoxy) is 1. The zero-order chi connectivity index (χ0) is 25.2. The molecule has 1 atom stereocenters. The van der Waals surface area contributed by atoms with Crippen LogP contribution in [-0.4, -0.2) is 41.3 Å². The van der Waals surface area contributed by atoms with Crippen molar-refractivity contribution in [2.75, 3.05) is 25.4 Å². The van der Waals surface area contributed by atoms with Crippen LogP contribution in [0.15, 0.2) is 30.5 Å². The summed E-state index contributed by atoms with van der Waals surface area (Å²) in [4.78, 5) is 31.7. The van der Waals surface area contributed by atoms with Crippen LogP contribution in [0.25, 0.3) is 0 Å². The maximum atomic E-state index is 13.2. The van der Waals surface area contributed by atoms with Crippen LogP contribution in [0.2, 0.25) is 10.0 Å². The van der Waals surface area contributed by atoms with E-state index in [2.05, 4.69) is 24.1 Å². The first kappa shape index (κ1) is 25.6. The topological polar surface area (TPSA) is 97.6 Å². The summed E-state index contributed by atoms with van der Waals surface area (Å²) in [5, 5.41) is 4.06. The molecule has 1 aromatic carbocycles. The molecule has 2 fully saturated rings. The maximum absolute atomic E-state index is 13.2. The highest BCUT2D eigenvalue weighted by Gasteiger charge is 2.58. The molecule has 3 N–H and O–H groups in total. The number of carbonyl (C=O) groups is 2. The van der Waals surface area contributed by atoms with Gasteiger partial charge in [0.05, 0.1) is 5.56 Å². The number of halogens is 2. The first-order valence-electron chi connectivity index (χ1n) is 12.1. The molecule has 2 amide bonds. The molecule has 0 radical (unpaired) electrons. The molecule has 9 heteroatoms. The third kappa shape index (κ3) is 5.84. The van der Waals surface area contributed by atoms with E-state index in [9.17, 15) is 9.59 Å². The Balaban J connectivity index is 1.33. The average Bonchev–Trinajstić information content (AvgIpc) is 3.52. The lowest BCUT2D eigenvalue weighted by atomic mass is 9.90. The number of nitrogen functional groups attached to an aromatic ring is 1. The van der Waals surface area contributed by atoms with Crippen LogP contribution >= 0.6 is 23.2 Å². The average molecular weight is 519 g/mol. The molecule has 2 aliphatic rings. The van der Waals surface area contributed by atoms with Crippen LogP contribution < -0.4 is 15.8 Å². The van der Waals surface area contributed by atoms with Crippen LogP contribution in [0.1, 0.15) is 55.5 Å². The van der Waals surface area contributed by atoms with Gasteiger partial charge in [-0.2, -0.15) is 0 Å². The summed E-state index contributed by atoms with van der Waals surface area (Å²) in [5.41, 5.74) is 7.07. The van der Waals surface area contributed by atoms with E-state index in [-0.39, 0.29) is 35.6 Å². The van der Waals surface area contributed by atoms with Gasteiger partial charge >= 0.3 is 0 Å². The Hall–Kier alpha value is -2.51. The van der Waals surface area contributed by atoms with Crippen LogP contribution in [0, 0.1) is 17.3 Å². The second kappa shape index (κ2) is 10.6. The van der Waals surface area contributed by atoms with Crippen molar-refractivity contribution in [3.05, 3.63) is 51.6 Å². The van der Waals surface area contributed by atoms with Gasteiger partial charge in [0, 0.05) is 47.4 Å². The van der Waals surface area contributed by atoms with Crippen molar-refractivity contribution in [3.8, 4) is 5.75 Å². The first-order valence-corrected chi connectivity index (χ1v) is 12.8. The Morgan fingerprint density at radius 3 is 2.60 bits per heavy atom. The number of benzene rings is 1. The Labute approximate surface area is 216 Å². The lowest BCUT2D eigenvalue weighted by Crippen LogP contribution is -2.40. The highest BCUT2D eigenvalue weighted by Crippen LogP contribution is 2.59. The second-order valence-corrected chi connectivity index (χ2v) is 10.8. The third-order valence-electron chi connectivity index (χ3n) is 7.14. The molecule has 1 aliphatic carbocycles. The summed E-state index contributed by atoms with van der Waals surface area (Å²) < 4.78 is 5.82. The number of nitrogens with zero attached hydrogens (tertiary/aromatic N) is 2. The number of hydrogen-bond acceptors (Lipinski definition) is 5. The number of nitrogens with two attached hydrogens (primary N) is 1. The van der Waals surface area contributed by atoms with Crippen LogP contribution in [0.5, 0.6) is 5.75 Å². The fourth-order valence-corrected chi connectivity index (χ4v) is 5.23. The summed E-state index contributed by atoms with van der Waals surface area (Å²) in [6.07, 6.45) is 5.03. The summed E-state index contributed by atoms with van der Waals surface area (Å²) in [6.45, 7) is 6.37. The van der Waals surface area contributed by atoms with Crippen molar-refractivity contribution < 1.29 is 14.3 Å². The van der Waals surface area contributed by atoms with E-state index < -0.39 is 0 Å². The summed E-state index contributed by atoms with van der Waals surface area (Å²) in [5.74, 6) is 1.18. The van der Waals surface area contributed by atoms with E-state index >= 15 is 0 Å². The Morgan fingerprint density at radius 1 is 1.26 bits per heavy atom. The fourth-order valence-electron chi connectivity index (χ4n) is 4.72. The predicted octanol–water partition coefficient (Wildman–Crippen LogP) is 4.95. The number of carbonyl (C=O) groups excluding carboxylic acids is 2. The van der Waals surface area contributed by atoms with Gasteiger partial charge in [-0.25, -0.2) is 4.98 Å². The first-order chi connectivity index (χ1) is 16.7. The molecular weight excluding hydrogens is 487 g/mol. The van der Waals surface area contributed by atoms with E-state index in [1.54, 1.807) is 24.3 Å². The Bertz CT molecular complexity index is 1080. The quantitative estimate of drug-likeness (QED) is 0.514. The number of nitrogens with one attached hydrogen (secondary N) is 1. The largest absolute Gasteiger partial charge is 0.485 e. The van der Waals surface area contributed by atoms with Gasteiger partial charge in [-0.1, -0.05) is 43.1 Å². The minimum absolute atomic E-state index is 0.0422. The predicted molar refractivity (Wildman–Crippen MR) is 138 cm³/mol. The molecule has 2 heterocycles. The van der Waals surface area contributed by atoms with Gasteiger partial charge < -0.3 is 20.7 Å². The molecule has 1 aromatic heterocycles. The number of hydrogen-bond donors (Lipinski definition) is 2. The number of amides is 2. The standard InChI is InChI=1S/C26H32Cl2N4O3/c1-16(2)6-9-30-24(33)19-13-26(19)7-10-32(11-8-26)25(34)17-12-22(23(29)31-14-17)35-15-18-20(27)4-3-5-21(18)28/h3-5,12,14,16,19H,6-11,13,15H2,1-2H3,(H2,29,31)(H,30,33). The van der Waals surface area contributed by atoms with Crippen molar-refractivity contribution in [3.63, 3.8) is 0 Å². The monoisotopic (exact) mass is 518 g/mol. The van der Waals surface area contributed by atoms with E-state index in [0.717, 1.165) is 32.2 Å². The van der Waals surface area contributed by atoms with Gasteiger partial charge in [-0.15, -0.1) is 0 Å². The second-order valence-electron chi connectivity index (χ2n) is 9.98. The van der Waals surface area contributed by atoms with Crippen molar-refractivity contribution in [1.29, 1.82) is 0 Å². The van der Waals surface area contributed by atoms with Gasteiger partial charge in [0.1, 0.15) is 6.61 Å². The van der Waals surface area contributed by atoms with Gasteiger partial charge in [0.25, 0.3) is 5.91 Å². The van der Waals surface area contributed by atoms with Crippen molar-refractivity contribution in [1.82, 2.24) is 15.2 Å². The molecule has 35 heavy (non-hydrogen) atoms. The molecule has 0 bridgehead atoms. The maximum Gasteiger partial charge on any atom is 0.255 e. The number of piperidine rings is 1. The SMILES string of the molecule is CC(C)CCNC(=O)C1CC12CCN(C(=O)c1cnc(N)c(OCc3c(Cl)cccc3Cl)c1)CC2. The van der Waals surface area contributed by atoms with Gasteiger partial charge in [-0.05, 0) is 55.2 Å². The smallest absolute Gasteiger partial charge is 0.255 e. The van der Waals surface area contributed by atoms with Crippen LogP contribution in [-0.2, 0) is 11.4 Å². The Morgan fingerprint density at radius 2 is 1.94 bits per heavy atom. The van der Waals surface area contributed by atoms with Crippen LogP contribution in [0.4, 0.5) is 5.82 Å². The van der Waals surface area contributed by atoms with Crippen molar-refractivity contribution >= 4 is 40.8 Å². The lowest BCUT2D eigenvalue weighted by molar-refractivity contribution is -0.123. The zero-order valence-corrected chi connectivity index (χ0v) is 21.7. The van der Waals surface area contributed by atoms with Gasteiger partial charge in [-0.3, -0.25) is 9.59 Å². The molecule has 4 rings (SSSR count). The molecule has 2 aromatic rings. The number of pyridine rings is 1. The molecule has 1 aliphatic heterocycles. The highest BCUT2D eigenvalue weighted by atomic mass is 35.5. The molecule has 1 spiro atoms. The number of aromatic nitrogens is 1. The molecule has 1 unspecified atom stereocenters. The van der Waals surface area contributed by atoms with Crippen LogP contribution in [0.3, 0.4) is 0 Å².